The van der Waals surface area contributed by atoms with Gasteiger partial charge in [0.15, 0.2) is 5.11 Å². The van der Waals surface area contributed by atoms with Crippen LogP contribution in [0.1, 0.15) is 16.1 Å². The molecular weight excluding hydrogens is 426 g/mol. The van der Waals surface area contributed by atoms with Crippen LogP contribution in [-0.4, -0.2) is 26.5 Å². The molecule has 3 aromatic rings. The lowest BCUT2D eigenvalue weighted by atomic mass is 10.2. The molecule has 0 aliphatic carbocycles. The molecule has 10 heteroatoms. The summed E-state index contributed by atoms with van der Waals surface area (Å²) < 4.78 is 37.4. The summed E-state index contributed by atoms with van der Waals surface area (Å²) in [6.45, 7) is 0.0500. The van der Waals surface area contributed by atoms with Crippen LogP contribution in [0.5, 0.6) is 5.75 Å². The summed E-state index contributed by atoms with van der Waals surface area (Å²) in [7, 11) is -2.22. The van der Waals surface area contributed by atoms with Gasteiger partial charge in [-0.3, -0.25) is 10.1 Å². The van der Waals surface area contributed by atoms with Crippen molar-refractivity contribution in [3.63, 3.8) is 0 Å². The van der Waals surface area contributed by atoms with Gasteiger partial charge in [-0.2, -0.15) is 0 Å². The highest BCUT2D eigenvalue weighted by molar-refractivity contribution is 7.89. The predicted molar refractivity (Wildman–Crippen MR) is 116 cm³/mol. The van der Waals surface area contributed by atoms with Crippen LogP contribution in [0.15, 0.2) is 76.2 Å². The fraction of sp³-hybridized carbons (Fsp3) is 0.100. The number of hydrogen-bond donors (Lipinski definition) is 3. The number of anilines is 1. The Morgan fingerprint density at radius 1 is 1.07 bits per heavy atom. The summed E-state index contributed by atoms with van der Waals surface area (Å²) in [5, 5.41) is 5.47. The summed E-state index contributed by atoms with van der Waals surface area (Å²) in [4.78, 5) is 12.5. The predicted octanol–water partition coefficient (Wildman–Crippen LogP) is 2.89. The van der Waals surface area contributed by atoms with Crippen LogP contribution in [0.4, 0.5) is 5.69 Å². The molecule has 2 aromatic carbocycles. The summed E-state index contributed by atoms with van der Waals surface area (Å²) in [6, 6.07) is 16.1. The zero-order chi connectivity index (χ0) is 21.6. The third kappa shape index (κ3) is 5.44. The molecule has 3 rings (SSSR count). The number of carbonyl (C=O) groups is 1. The Hall–Kier alpha value is -3.21. The van der Waals surface area contributed by atoms with Crippen molar-refractivity contribution < 1.29 is 22.4 Å². The van der Waals surface area contributed by atoms with Crippen LogP contribution < -0.4 is 20.1 Å². The lowest BCUT2D eigenvalue weighted by Crippen LogP contribution is -2.34. The third-order valence-corrected chi connectivity index (χ3v) is 5.64. The molecule has 0 saturated carbocycles. The summed E-state index contributed by atoms with van der Waals surface area (Å²) in [6.07, 6.45) is 1.47. The van der Waals surface area contributed by atoms with E-state index in [1.54, 1.807) is 48.5 Å². The highest BCUT2D eigenvalue weighted by Crippen LogP contribution is 2.17. The first kappa shape index (κ1) is 21.5. The first-order chi connectivity index (χ1) is 14.4. The van der Waals surface area contributed by atoms with Gasteiger partial charge in [0.2, 0.25) is 10.0 Å². The number of rotatable bonds is 7. The second kappa shape index (κ2) is 9.53. The minimum atomic E-state index is -3.70. The minimum Gasteiger partial charge on any atom is -0.496 e. The molecule has 3 N–H and O–H groups in total. The summed E-state index contributed by atoms with van der Waals surface area (Å²) in [5.74, 6) is 0.508. The number of hydrogen-bond acceptors (Lipinski definition) is 6. The Morgan fingerprint density at radius 2 is 1.80 bits per heavy atom. The number of thiocarbonyl (C=S) groups is 1. The molecule has 1 amide bonds. The molecule has 0 fully saturated rings. The topological polar surface area (TPSA) is 110 Å². The Balaban J connectivity index is 1.59. The molecule has 8 nitrogen and oxygen atoms in total. The van der Waals surface area contributed by atoms with Crippen molar-refractivity contribution in [2.24, 2.45) is 0 Å². The number of carbonyl (C=O) groups excluding carboxylic acids is 1. The highest BCUT2D eigenvalue weighted by Gasteiger charge is 2.15. The number of benzene rings is 2. The third-order valence-electron chi connectivity index (χ3n) is 4.02. The van der Waals surface area contributed by atoms with Crippen LogP contribution in [-0.2, 0) is 16.6 Å². The van der Waals surface area contributed by atoms with E-state index in [0.717, 1.165) is 0 Å². The molecule has 30 heavy (non-hydrogen) atoms. The van der Waals surface area contributed by atoms with Gasteiger partial charge < -0.3 is 14.5 Å². The van der Waals surface area contributed by atoms with E-state index in [1.807, 2.05) is 0 Å². The molecule has 0 unspecified atom stereocenters. The van der Waals surface area contributed by atoms with E-state index >= 15 is 0 Å². The lowest BCUT2D eigenvalue weighted by Gasteiger charge is -2.12. The fourth-order valence-corrected chi connectivity index (χ4v) is 3.75. The van der Waals surface area contributed by atoms with Gasteiger partial charge in [-0.1, -0.05) is 12.1 Å². The van der Waals surface area contributed by atoms with E-state index in [-0.39, 0.29) is 16.6 Å². The van der Waals surface area contributed by atoms with E-state index in [2.05, 4.69) is 15.4 Å². The van der Waals surface area contributed by atoms with Gasteiger partial charge in [0.1, 0.15) is 11.5 Å². The molecule has 0 aliphatic rings. The van der Waals surface area contributed by atoms with E-state index in [4.69, 9.17) is 21.4 Å². The molecule has 1 heterocycles. The summed E-state index contributed by atoms with van der Waals surface area (Å²) >= 11 is 5.16. The SMILES string of the molecule is COc1ccccc1C(=O)NC(=S)Nc1ccc(S(=O)(=O)NCc2ccco2)cc1. The van der Waals surface area contributed by atoms with Crippen LogP contribution in [0.2, 0.25) is 0 Å². The first-order valence-electron chi connectivity index (χ1n) is 8.76. The number of ether oxygens (including phenoxy) is 1. The van der Waals surface area contributed by atoms with Crippen molar-refractivity contribution >= 4 is 38.9 Å². The van der Waals surface area contributed by atoms with Crippen LogP contribution in [0, 0.1) is 0 Å². The number of methoxy groups -OCH3 is 1. The average molecular weight is 446 g/mol. The molecule has 0 bridgehead atoms. The zero-order valence-corrected chi connectivity index (χ0v) is 17.5. The van der Waals surface area contributed by atoms with Crippen molar-refractivity contribution in [1.82, 2.24) is 10.0 Å². The van der Waals surface area contributed by atoms with Crippen LogP contribution in [0.3, 0.4) is 0 Å². The Labute approximate surface area is 179 Å². The Bertz CT molecular complexity index is 1130. The fourth-order valence-electron chi connectivity index (χ4n) is 2.55. The number of para-hydroxylation sites is 1. The monoisotopic (exact) mass is 445 g/mol. The quantitative estimate of drug-likeness (QED) is 0.480. The Morgan fingerprint density at radius 3 is 2.47 bits per heavy atom. The molecular formula is C20H19N3O5S2. The second-order valence-electron chi connectivity index (χ2n) is 6.04. The van der Waals surface area contributed by atoms with Gasteiger partial charge in [0.25, 0.3) is 5.91 Å². The number of furan rings is 1. The van der Waals surface area contributed by atoms with E-state index in [0.29, 0.717) is 22.8 Å². The molecule has 0 radical (unpaired) electrons. The van der Waals surface area contributed by atoms with E-state index in [1.165, 1.54) is 25.5 Å². The number of amides is 1. The van der Waals surface area contributed by atoms with E-state index < -0.39 is 15.9 Å². The van der Waals surface area contributed by atoms with E-state index in [9.17, 15) is 13.2 Å². The maximum Gasteiger partial charge on any atom is 0.261 e. The van der Waals surface area contributed by atoms with Gasteiger partial charge in [-0.05, 0) is 60.7 Å². The van der Waals surface area contributed by atoms with Crippen molar-refractivity contribution in [2.45, 2.75) is 11.4 Å². The molecule has 1 aromatic heterocycles. The summed E-state index contributed by atoms with van der Waals surface area (Å²) in [5.41, 5.74) is 0.860. The lowest BCUT2D eigenvalue weighted by molar-refractivity contribution is 0.0974. The molecule has 156 valence electrons. The van der Waals surface area contributed by atoms with Gasteiger partial charge >= 0.3 is 0 Å². The maximum atomic E-state index is 12.4. The average Bonchev–Trinajstić information content (AvgIpc) is 3.26. The van der Waals surface area contributed by atoms with Gasteiger partial charge in [-0.15, -0.1) is 0 Å². The first-order valence-corrected chi connectivity index (χ1v) is 10.7. The number of nitrogens with one attached hydrogen (secondary N) is 3. The molecule has 0 atom stereocenters. The molecule has 0 saturated heterocycles. The smallest absolute Gasteiger partial charge is 0.261 e. The highest BCUT2D eigenvalue weighted by atomic mass is 32.2. The Kier molecular flexibility index (Phi) is 6.83. The minimum absolute atomic E-state index is 0.0500. The standard InChI is InChI=1S/C20H19N3O5S2/c1-27-18-7-3-2-6-17(18)19(24)23-20(29)22-14-8-10-16(11-9-14)30(25,26)21-13-15-5-4-12-28-15/h2-12,21H,13H2,1H3,(H2,22,23,24,29). The van der Waals surface area contributed by atoms with Crippen LogP contribution in [0.25, 0.3) is 0 Å². The van der Waals surface area contributed by atoms with Gasteiger partial charge in [0, 0.05) is 5.69 Å². The van der Waals surface area contributed by atoms with Crippen molar-refractivity contribution in [3.8, 4) is 5.75 Å². The molecule has 0 aliphatic heterocycles. The van der Waals surface area contributed by atoms with Gasteiger partial charge in [0.05, 0.1) is 30.4 Å². The second-order valence-corrected chi connectivity index (χ2v) is 8.21. The van der Waals surface area contributed by atoms with Crippen molar-refractivity contribution in [3.05, 3.63) is 78.3 Å². The van der Waals surface area contributed by atoms with Crippen molar-refractivity contribution in [2.75, 3.05) is 12.4 Å². The van der Waals surface area contributed by atoms with Crippen molar-refractivity contribution in [1.29, 1.82) is 0 Å². The normalized spacial score (nSPS) is 11.0. The van der Waals surface area contributed by atoms with Gasteiger partial charge in [-0.25, -0.2) is 13.1 Å². The van der Waals surface area contributed by atoms with Crippen LogP contribution >= 0.6 is 12.2 Å². The zero-order valence-electron chi connectivity index (χ0n) is 15.9. The molecule has 0 spiro atoms. The maximum absolute atomic E-state index is 12.4. The number of sulfonamides is 1. The largest absolute Gasteiger partial charge is 0.496 e.